The zero-order valence-corrected chi connectivity index (χ0v) is 9.23. The van der Waals surface area contributed by atoms with Crippen molar-refractivity contribution in [3.63, 3.8) is 0 Å². The van der Waals surface area contributed by atoms with Crippen molar-refractivity contribution in [2.24, 2.45) is 0 Å². The molecule has 1 heterocycles. The number of aromatic nitrogens is 1. The van der Waals surface area contributed by atoms with E-state index in [1.54, 1.807) is 11.1 Å². The maximum absolute atomic E-state index is 11.6. The van der Waals surface area contributed by atoms with Crippen LogP contribution in [-0.2, 0) is 6.54 Å². The number of nitrogens with one attached hydrogen (secondary N) is 1. The van der Waals surface area contributed by atoms with Crippen LogP contribution in [0, 0.1) is 0 Å². The molecule has 82 valence electrons. The van der Waals surface area contributed by atoms with Crippen molar-refractivity contribution >= 4 is 6.03 Å². The lowest BCUT2D eigenvalue weighted by Gasteiger charge is -2.20. The van der Waals surface area contributed by atoms with E-state index in [1.165, 1.54) is 0 Å². The summed E-state index contributed by atoms with van der Waals surface area (Å²) in [7, 11) is 0. The van der Waals surface area contributed by atoms with Gasteiger partial charge < -0.3 is 10.2 Å². The van der Waals surface area contributed by atoms with Gasteiger partial charge in [0.25, 0.3) is 0 Å². The van der Waals surface area contributed by atoms with E-state index >= 15 is 0 Å². The Balaban J connectivity index is 2.58. The lowest BCUT2D eigenvalue weighted by atomic mass is 10.3. The van der Waals surface area contributed by atoms with Gasteiger partial charge in [0.15, 0.2) is 0 Å². The minimum atomic E-state index is -0.0364. The minimum absolute atomic E-state index is 0.0364. The molecule has 0 saturated heterocycles. The summed E-state index contributed by atoms with van der Waals surface area (Å²) >= 11 is 0. The van der Waals surface area contributed by atoms with Crippen LogP contribution in [0.5, 0.6) is 0 Å². The number of amides is 2. The number of nitrogens with zero attached hydrogens (tertiary/aromatic N) is 2. The van der Waals surface area contributed by atoms with Gasteiger partial charge in [-0.05, 0) is 26.0 Å². The molecule has 0 spiro atoms. The molecule has 1 aromatic rings. The molecule has 4 heteroatoms. The quantitative estimate of drug-likeness (QED) is 0.815. The maximum Gasteiger partial charge on any atom is 0.317 e. The van der Waals surface area contributed by atoms with Crippen LogP contribution in [0.4, 0.5) is 4.79 Å². The molecule has 0 aliphatic carbocycles. The van der Waals surface area contributed by atoms with Gasteiger partial charge in [0, 0.05) is 19.3 Å². The molecule has 0 atom stereocenters. The largest absolute Gasteiger partial charge is 0.338 e. The standard InChI is InChI=1S/C11H17N3O/c1-3-12-11(15)14(4-2)9-10-7-5-6-8-13-10/h5-8H,3-4,9H2,1-2H3,(H,12,15). The Labute approximate surface area is 90.3 Å². The van der Waals surface area contributed by atoms with Gasteiger partial charge in [-0.1, -0.05) is 6.07 Å². The highest BCUT2D eigenvalue weighted by atomic mass is 16.2. The summed E-state index contributed by atoms with van der Waals surface area (Å²) in [5.74, 6) is 0. The normalized spacial score (nSPS) is 9.73. The van der Waals surface area contributed by atoms with Crippen molar-refractivity contribution < 1.29 is 4.79 Å². The number of hydrogen-bond donors (Lipinski definition) is 1. The smallest absolute Gasteiger partial charge is 0.317 e. The molecule has 0 aromatic carbocycles. The topological polar surface area (TPSA) is 45.2 Å². The summed E-state index contributed by atoms with van der Waals surface area (Å²) in [6.45, 7) is 5.76. The Morgan fingerprint density at radius 1 is 1.47 bits per heavy atom. The predicted molar refractivity (Wildman–Crippen MR) is 59.4 cm³/mol. The van der Waals surface area contributed by atoms with Crippen LogP contribution >= 0.6 is 0 Å². The third kappa shape index (κ3) is 3.58. The molecule has 1 rings (SSSR count). The highest BCUT2D eigenvalue weighted by Gasteiger charge is 2.10. The fraction of sp³-hybridized carbons (Fsp3) is 0.455. The van der Waals surface area contributed by atoms with E-state index in [9.17, 15) is 4.79 Å². The van der Waals surface area contributed by atoms with Gasteiger partial charge in [0.2, 0.25) is 0 Å². The van der Waals surface area contributed by atoms with Gasteiger partial charge in [-0.25, -0.2) is 4.79 Å². The summed E-state index contributed by atoms with van der Waals surface area (Å²) in [6, 6.07) is 5.67. The van der Waals surface area contributed by atoms with Crippen molar-refractivity contribution in [2.45, 2.75) is 20.4 Å². The van der Waals surface area contributed by atoms with Crippen molar-refractivity contribution in [1.29, 1.82) is 0 Å². The Morgan fingerprint density at radius 2 is 2.27 bits per heavy atom. The van der Waals surface area contributed by atoms with Crippen molar-refractivity contribution in [3.8, 4) is 0 Å². The Morgan fingerprint density at radius 3 is 2.80 bits per heavy atom. The minimum Gasteiger partial charge on any atom is -0.338 e. The first-order valence-electron chi connectivity index (χ1n) is 5.20. The van der Waals surface area contributed by atoms with Crippen LogP contribution in [0.25, 0.3) is 0 Å². The third-order valence-corrected chi connectivity index (χ3v) is 2.08. The number of hydrogen-bond acceptors (Lipinski definition) is 2. The Kier molecular flexibility index (Phi) is 4.60. The molecule has 2 amide bonds. The van der Waals surface area contributed by atoms with Crippen molar-refractivity contribution in [2.75, 3.05) is 13.1 Å². The SMILES string of the molecule is CCNC(=O)N(CC)Cc1ccccn1. The number of carbonyl (C=O) groups excluding carboxylic acids is 1. The molecule has 1 aromatic heterocycles. The van der Waals surface area contributed by atoms with E-state index in [0.717, 1.165) is 5.69 Å². The van der Waals surface area contributed by atoms with Crippen LogP contribution in [0.2, 0.25) is 0 Å². The van der Waals surface area contributed by atoms with E-state index < -0.39 is 0 Å². The molecule has 15 heavy (non-hydrogen) atoms. The van der Waals surface area contributed by atoms with Crippen LogP contribution in [-0.4, -0.2) is 29.0 Å². The predicted octanol–water partition coefficient (Wildman–Crippen LogP) is 1.63. The number of urea groups is 1. The first kappa shape index (κ1) is 11.5. The second-order valence-corrected chi connectivity index (χ2v) is 3.17. The van der Waals surface area contributed by atoms with Gasteiger partial charge in [0.05, 0.1) is 12.2 Å². The number of carbonyl (C=O) groups is 1. The van der Waals surface area contributed by atoms with E-state index in [0.29, 0.717) is 19.6 Å². The summed E-state index contributed by atoms with van der Waals surface area (Å²) < 4.78 is 0. The van der Waals surface area contributed by atoms with Crippen LogP contribution in [0.3, 0.4) is 0 Å². The molecule has 0 unspecified atom stereocenters. The van der Waals surface area contributed by atoms with Gasteiger partial charge in [-0.15, -0.1) is 0 Å². The third-order valence-electron chi connectivity index (χ3n) is 2.08. The molecule has 0 saturated carbocycles. The maximum atomic E-state index is 11.6. The molecule has 4 nitrogen and oxygen atoms in total. The van der Waals surface area contributed by atoms with E-state index in [1.807, 2.05) is 32.0 Å². The molecule has 0 bridgehead atoms. The zero-order chi connectivity index (χ0) is 11.1. The van der Waals surface area contributed by atoms with Crippen LogP contribution < -0.4 is 5.32 Å². The molecular formula is C11H17N3O. The molecule has 0 aliphatic heterocycles. The Bertz CT molecular complexity index is 300. The lowest BCUT2D eigenvalue weighted by molar-refractivity contribution is 0.198. The van der Waals surface area contributed by atoms with Crippen molar-refractivity contribution in [3.05, 3.63) is 30.1 Å². The first-order valence-corrected chi connectivity index (χ1v) is 5.20. The van der Waals surface area contributed by atoms with Gasteiger partial charge in [-0.2, -0.15) is 0 Å². The van der Waals surface area contributed by atoms with Gasteiger partial charge in [0.1, 0.15) is 0 Å². The highest BCUT2D eigenvalue weighted by Crippen LogP contribution is 2.00. The lowest BCUT2D eigenvalue weighted by Crippen LogP contribution is -2.39. The summed E-state index contributed by atoms with van der Waals surface area (Å²) in [5, 5.41) is 2.78. The van der Waals surface area contributed by atoms with Gasteiger partial charge in [-0.3, -0.25) is 4.98 Å². The molecule has 0 radical (unpaired) electrons. The first-order chi connectivity index (χ1) is 7.27. The highest BCUT2D eigenvalue weighted by molar-refractivity contribution is 5.73. The van der Waals surface area contributed by atoms with Crippen LogP contribution in [0.15, 0.2) is 24.4 Å². The molecule has 1 N–H and O–H groups in total. The van der Waals surface area contributed by atoms with E-state index in [-0.39, 0.29) is 6.03 Å². The number of pyridine rings is 1. The van der Waals surface area contributed by atoms with Crippen molar-refractivity contribution in [1.82, 2.24) is 15.2 Å². The summed E-state index contributed by atoms with van der Waals surface area (Å²) in [6.07, 6.45) is 1.74. The average molecular weight is 207 g/mol. The average Bonchev–Trinajstić information content (AvgIpc) is 2.27. The summed E-state index contributed by atoms with van der Waals surface area (Å²) in [4.78, 5) is 17.5. The van der Waals surface area contributed by atoms with Gasteiger partial charge >= 0.3 is 6.03 Å². The van der Waals surface area contributed by atoms with E-state index in [4.69, 9.17) is 0 Å². The second-order valence-electron chi connectivity index (χ2n) is 3.17. The fourth-order valence-corrected chi connectivity index (χ4v) is 1.28. The van der Waals surface area contributed by atoms with E-state index in [2.05, 4.69) is 10.3 Å². The fourth-order valence-electron chi connectivity index (χ4n) is 1.28. The zero-order valence-electron chi connectivity index (χ0n) is 9.23. The molecule has 0 aliphatic rings. The molecule has 0 fully saturated rings. The molecular weight excluding hydrogens is 190 g/mol. The number of rotatable bonds is 4. The monoisotopic (exact) mass is 207 g/mol. The second kappa shape index (κ2) is 6.01. The summed E-state index contributed by atoms with van der Waals surface area (Å²) in [5.41, 5.74) is 0.908. The Hall–Kier alpha value is -1.58. The van der Waals surface area contributed by atoms with Crippen LogP contribution in [0.1, 0.15) is 19.5 Å².